The summed E-state index contributed by atoms with van der Waals surface area (Å²) < 4.78 is 20.9. The number of aliphatic hydroxyl groups excluding tert-OH is 1. The second kappa shape index (κ2) is 46.1. The maximum atomic E-state index is 11.8. The molecule has 0 amide bonds. The Balaban J connectivity index is -0.000000240. The number of hydrogen-bond donors (Lipinski definition) is 5. The van der Waals surface area contributed by atoms with E-state index in [0.717, 1.165) is 12.9 Å². The van der Waals surface area contributed by atoms with E-state index < -0.39 is 5.97 Å². The van der Waals surface area contributed by atoms with Gasteiger partial charge in [-0.1, -0.05) is 117 Å². The number of aliphatic hydroxyl groups is 1. The van der Waals surface area contributed by atoms with Crippen molar-refractivity contribution in [2.75, 3.05) is 20.3 Å². The van der Waals surface area contributed by atoms with E-state index in [1.54, 1.807) is 109 Å². The summed E-state index contributed by atoms with van der Waals surface area (Å²) in [5, 5.41) is 42.3. The Bertz CT molecular complexity index is 1980. The van der Waals surface area contributed by atoms with Crippen LogP contribution in [0.25, 0.3) is 0 Å². The van der Waals surface area contributed by atoms with E-state index in [2.05, 4.69) is 13.2 Å². The third-order valence-corrected chi connectivity index (χ3v) is 6.52. The van der Waals surface area contributed by atoms with Gasteiger partial charge in [-0.3, -0.25) is 0 Å². The zero-order valence-corrected chi connectivity index (χ0v) is 42.8. The van der Waals surface area contributed by atoms with E-state index in [-0.39, 0.29) is 81.8 Å². The van der Waals surface area contributed by atoms with Gasteiger partial charge in [0.2, 0.25) is 0 Å². The maximum absolute atomic E-state index is 11.8. The molecule has 0 bridgehead atoms. The van der Waals surface area contributed by atoms with E-state index >= 15 is 0 Å². The molecule has 0 aliphatic carbocycles. The predicted molar refractivity (Wildman–Crippen MR) is 261 cm³/mol. The molecule has 6 rings (SSSR count). The molecule has 0 fully saturated rings. The molecule has 0 saturated heterocycles. The van der Waals surface area contributed by atoms with E-state index in [1.807, 2.05) is 67.5 Å². The molecule has 6 aromatic carbocycles. The number of ether oxygens (including phenoxy) is 4. The summed E-state index contributed by atoms with van der Waals surface area (Å²) in [7, 11) is 1.00. The van der Waals surface area contributed by atoms with Gasteiger partial charge in [0.25, 0.3) is 0 Å². The Morgan fingerprint density at radius 3 is 0.892 bits per heavy atom. The molecule has 12 heteroatoms. The first-order valence-corrected chi connectivity index (χ1v) is 20.8. The molecule has 0 aliphatic rings. The molecule has 0 atom stereocenters. The normalized spacial score (nSPS) is 8.34. The van der Waals surface area contributed by atoms with Crippen molar-refractivity contribution in [2.24, 2.45) is 0 Å². The van der Waals surface area contributed by atoms with Gasteiger partial charge in [0, 0.05) is 7.11 Å². The minimum absolute atomic E-state index is 0. The van der Waals surface area contributed by atoms with Gasteiger partial charge in [-0.2, -0.15) is 0 Å². The summed E-state index contributed by atoms with van der Waals surface area (Å²) in [5.74, 6) is 2.28. The molecular formula is C53H69KO11. The van der Waals surface area contributed by atoms with Crippen LogP contribution in [0.2, 0.25) is 0 Å². The summed E-state index contributed by atoms with van der Waals surface area (Å²) in [6.45, 7) is 24.0. The third kappa shape index (κ3) is 33.3. The van der Waals surface area contributed by atoms with Crippen molar-refractivity contribution >= 4 is 11.9 Å². The van der Waals surface area contributed by atoms with Crippen LogP contribution in [0.4, 0.5) is 0 Å². The third-order valence-electron chi connectivity index (χ3n) is 6.52. The molecule has 348 valence electrons. The number of hydrogen-bond acceptors (Lipinski definition) is 11. The van der Waals surface area contributed by atoms with Crippen LogP contribution in [0.5, 0.6) is 46.0 Å². The number of carbonyl (C=O) groups is 2. The molecule has 65 heavy (non-hydrogen) atoms. The SMILES string of the molecule is C=CCOc1ccc(O)cc1.C=CCOc1ccc(OC(=O)c2ccccc2)cc1.CC.CC.CC.CC.CO.O=C(Oc1ccc(O)cc1)c1ccccc1.Oc1ccc(O)cc1.[H-].[K+]. The fourth-order valence-electron chi connectivity index (χ4n) is 3.90. The number of aromatic hydroxyl groups is 4. The van der Waals surface area contributed by atoms with Crippen LogP contribution in [0.15, 0.2) is 183 Å². The first-order valence-electron chi connectivity index (χ1n) is 20.8. The Morgan fingerprint density at radius 1 is 0.415 bits per heavy atom. The van der Waals surface area contributed by atoms with Crippen molar-refractivity contribution in [3.05, 3.63) is 194 Å². The van der Waals surface area contributed by atoms with E-state index in [1.165, 1.54) is 48.5 Å². The zero-order chi connectivity index (χ0) is 49.0. The van der Waals surface area contributed by atoms with Crippen LogP contribution in [-0.4, -0.2) is 57.8 Å². The van der Waals surface area contributed by atoms with Crippen LogP contribution in [0, 0.1) is 0 Å². The minimum atomic E-state index is -0.411. The minimum Gasteiger partial charge on any atom is -1.00 e. The van der Waals surface area contributed by atoms with Crippen LogP contribution in [0.1, 0.15) is 77.5 Å². The Labute approximate surface area is 431 Å². The molecule has 5 N–H and O–H groups in total. The molecule has 0 saturated carbocycles. The van der Waals surface area contributed by atoms with Crippen molar-refractivity contribution in [2.45, 2.75) is 55.4 Å². The average Bonchev–Trinajstić information content (AvgIpc) is 3.37. The standard InChI is InChI=1S/C16H14O3.C13H10O3.C9H10O2.C6H6O2.4C2H6.CH4O.K.H/c1-2-12-18-14-8-10-15(11-9-14)19-16(17)13-6-4-3-5-7-13;14-11-6-8-12(9-7-11)16-13(15)10-4-2-1-3-5-10;1-2-7-11-9-5-3-8(10)4-6-9;7-5-1-2-6(8)4-3-5;5*1-2;;/h2-11H,1,12H2;1-9,14H;2-6,10H,1,7H2;1-4,7-8H;4*1-2H3;2H,1H3;;/q;;;;;;;;;+1;-1. The monoisotopic (exact) mass is 920 g/mol. The second-order valence-corrected chi connectivity index (χ2v) is 10.7. The summed E-state index contributed by atoms with van der Waals surface area (Å²) in [6.07, 6.45) is 3.34. The summed E-state index contributed by atoms with van der Waals surface area (Å²) in [4.78, 5) is 23.4. The van der Waals surface area contributed by atoms with E-state index in [4.69, 9.17) is 44.5 Å². The Kier molecular flexibility index (Phi) is 46.7. The number of phenols is 4. The molecule has 6 aromatic rings. The van der Waals surface area contributed by atoms with Gasteiger partial charge in [0.1, 0.15) is 59.2 Å². The van der Waals surface area contributed by atoms with Gasteiger partial charge < -0.3 is 45.9 Å². The average molecular weight is 921 g/mol. The molecule has 0 aliphatic heterocycles. The number of phenolic OH excluding ortho intramolecular Hbond substituents is 4. The first kappa shape index (κ1) is 65.7. The molecular weight excluding hydrogens is 852 g/mol. The molecule has 0 radical (unpaired) electrons. The van der Waals surface area contributed by atoms with Gasteiger partial charge in [-0.25, -0.2) is 9.59 Å². The second-order valence-electron chi connectivity index (χ2n) is 10.7. The first-order chi connectivity index (χ1) is 31.2. The van der Waals surface area contributed by atoms with Gasteiger partial charge >= 0.3 is 63.3 Å². The predicted octanol–water partition coefficient (Wildman–Crippen LogP) is 9.97. The van der Waals surface area contributed by atoms with Gasteiger partial charge in [0.05, 0.1) is 11.1 Å². The van der Waals surface area contributed by atoms with Crippen LogP contribution < -0.4 is 70.3 Å². The van der Waals surface area contributed by atoms with Gasteiger partial charge in [0.15, 0.2) is 0 Å². The smallest absolute Gasteiger partial charge is 1.00 e. The number of carbonyl (C=O) groups excluding carboxylic acids is 2. The molecule has 0 spiro atoms. The maximum Gasteiger partial charge on any atom is 1.00 e. The van der Waals surface area contributed by atoms with Crippen molar-refractivity contribution < 1.29 is 107 Å². The van der Waals surface area contributed by atoms with Gasteiger partial charge in [-0.15, -0.1) is 0 Å². The van der Waals surface area contributed by atoms with Crippen molar-refractivity contribution in [3.63, 3.8) is 0 Å². The van der Waals surface area contributed by atoms with Crippen molar-refractivity contribution in [1.82, 2.24) is 0 Å². The quantitative estimate of drug-likeness (QED) is 0.0291. The van der Waals surface area contributed by atoms with Crippen molar-refractivity contribution in [1.29, 1.82) is 0 Å². The van der Waals surface area contributed by atoms with Gasteiger partial charge in [-0.05, 0) is 121 Å². The van der Waals surface area contributed by atoms with Crippen LogP contribution >= 0.6 is 0 Å². The summed E-state index contributed by atoms with van der Waals surface area (Å²) in [5.41, 5.74) is 1.02. The number of esters is 2. The largest absolute Gasteiger partial charge is 1.00 e. The topological polar surface area (TPSA) is 172 Å². The zero-order valence-electron chi connectivity index (χ0n) is 40.7. The van der Waals surface area contributed by atoms with E-state index in [0.29, 0.717) is 41.6 Å². The fraction of sp³-hybridized carbons (Fsp3) is 0.208. The number of rotatable bonds is 10. The summed E-state index contributed by atoms with van der Waals surface area (Å²) >= 11 is 0. The van der Waals surface area contributed by atoms with Crippen LogP contribution in [-0.2, 0) is 0 Å². The fourth-order valence-corrected chi connectivity index (χ4v) is 3.90. The molecule has 0 aromatic heterocycles. The van der Waals surface area contributed by atoms with Crippen molar-refractivity contribution in [3.8, 4) is 46.0 Å². The van der Waals surface area contributed by atoms with E-state index in [9.17, 15) is 9.59 Å². The Hall–Kier alpha value is -5.86. The Morgan fingerprint density at radius 2 is 0.631 bits per heavy atom. The molecule has 0 heterocycles. The summed E-state index contributed by atoms with van der Waals surface area (Å²) in [6, 6.07) is 42.8. The molecule has 11 nitrogen and oxygen atoms in total. The number of benzene rings is 6. The molecule has 0 unspecified atom stereocenters. The van der Waals surface area contributed by atoms with Crippen LogP contribution in [0.3, 0.4) is 0 Å².